The summed E-state index contributed by atoms with van der Waals surface area (Å²) in [6.45, 7) is 6.65. The van der Waals surface area contributed by atoms with Gasteiger partial charge in [-0.2, -0.15) is 5.26 Å². The summed E-state index contributed by atoms with van der Waals surface area (Å²) in [5.41, 5.74) is 2.96. The van der Waals surface area contributed by atoms with Crippen LogP contribution in [0.15, 0.2) is 67.0 Å². The normalized spacial score (nSPS) is 18.6. The summed E-state index contributed by atoms with van der Waals surface area (Å²) in [4.78, 5) is 55.8. The second-order valence-electron chi connectivity index (χ2n) is 12.0. The van der Waals surface area contributed by atoms with Crippen LogP contribution < -0.4 is 5.32 Å². The Hall–Kier alpha value is -5.04. The molecule has 10 heteroatoms. The van der Waals surface area contributed by atoms with Crippen molar-refractivity contribution >= 4 is 28.6 Å². The quantitative estimate of drug-likeness (QED) is 0.381. The van der Waals surface area contributed by atoms with Gasteiger partial charge in [0.15, 0.2) is 0 Å². The van der Waals surface area contributed by atoms with E-state index in [1.165, 1.54) is 6.20 Å². The molecule has 0 aliphatic carbocycles. The number of carbonyl (C=O) groups excluding carboxylic acids is 3. The number of para-hydroxylation sites is 1. The van der Waals surface area contributed by atoms with Crippen molar-refractivity contribution in [3.63, 3.8) is 0 Å². The summed E-state index contributed by atoms with van der Waals surface area (Å²) in [5, 5.41) is 12.9. The van der Waals surface area contributed by atoms with Gasteiger partial charge in [0.05, 0.1) is 23.3 Å². The molecule has 42 heavy (non-hydrogen) atoms. The van der Waals surface area contributed by atoms with Gasteiger partial charge in [-0.15, -0.1) is 0 Å². The summed E-state index contributed by atoms with van der Waals surface area (Å²) in [7, 11) is 0. The molecule has 4 aromatic rings. The Morgan fingerprint density at radius 2 is 1.76 bits per heavy atom. The Morgan fingerprint density at radius 1 is 1.00 bits per heavy atom. The van der Waals surface area contributed by atoms with Crippen LogP contribution in [0.5, 0.6) is 0 Å². The molecule has 10 nitrogen and oxygen atoms in total. The number of rotatable bonds is 5. The molecule has 2 saturated heterocycles. The van der Waals surface area contributed by atoms with Gasteiger partial charge in [0.25, 0.3) is 11.8 Å². The molecule has 2 fully saturated rings. The molecule has 3 aromatic heterocycles. The van der Waals surface area contributed by atoms with Crippen LogP contribution in [0, 0.1) is 16.7 Å². The summed E-state index contributed by atoms with van der Waals surface area (Å²) in [6.07, 6.45) is 3.80. The number of pyridine rings is 2. The maximum Gasteiger partial charge on any atom is 0.272 e. The van der Waals surface area contributed by atoms with Gasteiger partial charge >= 0.3 is 0 Å². The lowest BCUT2D eigenvalue weighted by atomic mass is 9.85. The molecule has 0 radical (unpaired) electrons. The number of hydrogen-bond acceptors (Lipinski definition) is 6. The molecule has 2 aliphatic heterocycles. The smallest absolute Gasteiger partial charge is 0.272 e. The Kier molecular flexibility index (Phi) is 6.73. The highest BCUT2D eigenvalue weighted by Crippen LogP contribution is 2.34. The van der Waals surface area contributed by atoms with Crippen molar-refractivity contribution in [3.05, 3.63) is 83.9 Å². The SMILES string of the molecule is CC(C)(C)[C@H](NC(=O)c1cc2ccccc2[nH]1)C(=O)N1C[C@@H]2C[C@H]1CN2C(=O)c1ccc(-c2ccc(C#N)cn2)cn1. The Labute approximate surface area is 243 Å². The molecule has 6 rings (SSSR count). The van der Waals surface area contributed by atoms with E-state index in [-0.39, 0.29) is 29.8 Å². The van der Waals surface area contributed by atoms with Crippen LogP contribution in [0.1, 0.15) is 53.7 Å². The topological polar surface area (TPSA) is 135 Å². The zero-order chi connectivity index (χ0) is 29.6. The Morgan fingerprint density at radius 3 is 2.38 bits per heavy atom. The van der Waals surface area contributed by atoms with Gasteiger partial charge in [-0.05, 0) is 48.2 Å². The molecule has 2 aliphatic rings. The lowest BCUT2D eigenvalue weighted by Crippen LogP contribution is -2.59. The number of nitriles is 1. The highest BCUT2D eigenvalue weighted by Gasteiger charge is 2.50. The van der Waals surface area contributed by atoms with Crippen molar-refractivity contribution in [3.8, 4) is 17.3 Å². The van der Waals surface area contributed by atoms with Crippen molar-refractivity contribution in [1.82, 2.24) is 30.1 Å². The van der Waals surface area contributed by atoms with Crippen molar-refractivity contribution in [2.24, 2.45) is 5.41 Å². The molecule has 212 valence electrons. The number of piperazine rings is 1. The molecule has 3 amide bonds. The maximum absolute atomic E-state index is 13.8. The van der Waals surface area contributed by atoms with Gasteiger partial charge in [0.1, 0.15) is 23.5 Å². The maximum atomic E-state index is 13.8. The molecule has 0 unspecified atom stereocenters. The lowest BCUT2D eigenvalue weighted by Gasteiger charge is -2.39. The average molecular weight is 562 g/mol. The number of aromatic amines is 1. The number of carbonyl (C=O) groups is 3. The first-order valence-corrected chi connectivity index (χ1v) is 13.9. The van der Waals surface area contributed by atoms with Crippen LogP contribution >= 0.6 is 0 Å². The zero-order valence-electron chi connectivity index (χ0n) is 23.7. The van der Waals surface area contributed by atoms with E-state index in [9.17, 15) is 14.4 Å². The minimum Gasteiger partial charge on any atom is -0.351 e. The number of nitrogens with zero attached hydrogens (tertiary/aromatic N) is 5. The van der Waals surface area contributed by atoms with Crippen LogP contribution in [-0.4, -0.2) is 73.7 Å². The van der Waals surface area contributed by atoms with Crippen LogP contribution in [0.2, 0.25) is 0 Å². The number of amides is 3. The van der Waals surface area contributed by atoms with E-state index in [0.717, 1.165) is 16.5 Å². The van der Waals surface area contributed by atoms with Crippen LogP contribution in [0.25, 0.3) is 22.2 Å². The van der Waals surface area contributed by atoms with E-state index in [1.54, 1.807) is 41.4 Å². The monoisotopic (exact) mass is 561 g/mol. The van der Waals surface area contributed by atoms with E-state index in [0.29, 0.717) is 42.2 Å². The number of fused-ring (bicyclic) bond motifs is 3. The van der Waals surface area contributed by atoms with E-state index in [4.69, 9.17) is 5.26 Å². The second kappa shape index (κ2) is 10.4. The van der Waals surface area contributed by atoms with Gasteiger partial charge in [-0.25, -0.2) is 0 Å². The first kappa shape index (κ1) is 27.1. The van der Waals surface area contributed by atoms with Crippen LogP contribution in [0.3, 0.4) is 0 Å². The van der Waals surface area contributed by atoms with Crippen molar-refractivity contribution in [1.29, 1.82) is 5.26 Å². The van der Waals surface area contributed by atoms with E-state index in [1.807, 2.05) is 56.0 Å². The van der Waals surface area contributed by atoms with E-state index >= 15 is 0 Å². The first-order chi connectivity index (χ1) is 20.1. The summed E-state index contributed by atoms with van der Waals surface area (Å²) >= 11 is 0. The molecule has 3 atom stereocenters. The second-order valence-corrected chi connectivity index (χ2v) is 12.0. The molecule has 2 bridgehead atoms. The number of hydrogen-bond donors (Lipinski definition) is 2. The van der Waals surface area contributed by atoms with Crippen molar-refractivity contribution in [2.75, 3.05) is 13.1 Å². The van der Waals surface area contributed by atoms with Crippen molar-refractivity contribution < 1.29 is 14.4 Å². The standard InChI is InChI=1S/C32H31N7O3/c1-32(2,3)28(37-29(40)27-12-20-6-4-5-7-25(20)36-27)31(42)39-18-22-13-23(39)17-38(22)30(41)26-11-9-21(16-35-26)24-10-8-19(14-33)15-34-24/h4-12,15-16,22-23,28,36H,13,17-18H2,1-3H3,(H,37,40)/t22-,23-,28+/m0/s1. The Balaban J connectivity index is 1.12. The zero-order valence-corrected chi connectivity index (χ0v) is 23.7. The fourth-order valence-corrected chi connectivity index (χ4v) is 5.85. The van der Waals surface area contributed by atoms with Gasteiger partial charge in [0.2, 0.25) is 5.91 Å². The van der Waals surface area contributed by atoms with Crippen molar-refractivity contribution in [2.45, 2.75) is 45.3 Å². The predicted octanol–water partition coefficient (Wildman–Crippen LogP) is 3.77. The average Bonchev–Trinajstić information content (AvgIpc) is 3.73. The van der Waals surface area contributed by atoms with Gasteiger partial charge in [-0.3, -0.25) is 24.4 Å². The third-order valence-corrected chi connectivity index (χ3v) is 8.12. The van der Waals surface area contributed by atoms with Gasteiger partial charge in [-0.1, -0.05) is 39.0 Å². The first-order valence-electron chi connectivity index (χ1n) is 13.9. The van der Waals surface area contributed by atoms with Gasteiger partial charge in [0, 0.05) is 41.9 Å². The van der Waals surface area contributed by atoms with Crippen LogP contribution in [-0.2, 0) is 4.79 Å². The lowest BCUT2D eigenvalue weighted by molar-refractivity contribution is -0.138. The highest BCUT2D eigenvalue weighted by atomic mass is 16.2. The summed E-state index contributed by atoms with van der Waals surface area (Å²) in [6, 6.07) is 17.4. The minimum absolute atomic E-state index is 0.113. The fraction of sp³-hybridized carbons (Fsp3) is 0.312. The van der Waals surface area contributed by atoms with E-state index in [2.05, 4.69) is 20.3 Å². The number of benzene rings is 1. The van der Waals surface area contributed by atoms with Gasteiger partial charge < -0.3 is 20.1 Å². The number of H-pyrrole nitrogens is 1. The molecule has 5 heterocycles. The van der Waals surface area contributed by atoms with E-state index < -0.39 is 11.5 Å². The molecule has 2 N–H and O–H groups in total. The predicted molar refractivity (Wildman–Crippen MR) is 156 cm³/mol. The third kappa shape index (κ3) is 4.98. The van der Waals surface area contributed by atoms with Crippen LogP contribution in [0.4, 0.5) is 0 Å². The number of nitrogens with one attached hydrogen (secondary N) is 2. The number of likely N-dealkylation sites (tertiary alicyclic amines) is 2. The minimum atomic E-state index is -0.732. The molecule has 1 aromatic carbocycles. The molecular weight excluding hydrogens is 530 g/mol. The molecule has 0 saturated carbocycles. The Bertz CT molecular complexity index is 1680. The largest absolute Gasteiger partial charge is 0.351 e. The third-order valence-electron chi connectivity index (χ3n) is 8.12. The fourth-order valence-electron chi connectivity index (χ4n) is 5.85. The summed E-state index contributed by atoms with van der Waals surface area (Å²) in [5.74, 6) is -0.635. The number of aromatic nitrogens is 3. The molecular formula is C32H31N7O3. The highest BCUT2D eigenvalue weighted by molar-refractivity contribution is 6.00. The summed E-state index contributed by atoms with van der Waals surface area (Å²) < 4.78 is 0. The molecule has 0 spiro atoms.